The van der Waals surface area contributed by atoms with Crippen molar-refractivity contribution in [1.82, 2.24) is 0 Å². The number of nitro benzene ring substituents is 1. The molecule has 1 N–H and O–H groups in total. The molecule has 0 radical (unpaired) electrons. The molecular weight excluding hydrogens is 218 g/mol. The lowest BCUT2D eigenvalue weighted by Gasteiger charge is -2.04. The number of carbonyl (C=O) groups is 2. The van der Waals surface area contributed by atoms with Crippen molar-refractivity contribution >= 4 is 17.9 Å². The topological polar surface area (TPSA) is 107 Å². The Kier molecular flexibility index (Phi) is 3.54. The molecule has 0 spiro atoms. The van der Waals surface area contributed by atoms with Crippen LogP contribution in [-0.4, -0.2) is 28.9 Å². The van der Waals surface area contributed by atoms with Crippen molar-refractivity contribution in [2.75, 3.05) is 6.61 Å². The fraction of sp³-hybridized carbons (Fsp3) is 0.111. The molecule has 0 atom stereocenters. The van der Waals surface area contributed by atoms with Crippen LogP contribution in [0.1, 0.15) is 10.4 Å². The van der Waals surface area contributed by atoms with Crippen molar-refractivity contribution in [3.63, 3.8) is 0 Å². The molecule has 0 saturated carbocycles. The van der Waals surface area contributed by atoms with Crippen molar-refractivity contribution in [3.8, 4) is 5.75 Å². The quantitative estimate of drug-likeness (QED) is 0.452. The maximum atomic E-state index is 10.6. The van der Waals surface area contributed by atoms with Crippen LogP contribution in [0.2, 0.25) is 0 Å². The number of aldehydes is 1. The van der Waals surface area contributed by atoms with Crippen LogP contribution in [-0.2, 0) is 4.79 Å². The summed E-state index contributed by atoms with van der Waals surface area (Å²) in [5.41, 5.74) is -0.210. The number of carboxylic acids is 1. The fourth-order valence-electron chi connectivity index (χ4n) is 1.01. The number of rotatable bonds is 5. The summed E-state index contributed by atoms with van der Waals surface area (Å²) < 4.78 is 4.70. The van der Waals surface area contributed by atoms with Crippen molar-refractivity contribution < 1.29 is 24.4 Å². The van der Waals surface area contributed by atoms with Crippen LogP contribution in [0.3, 0.4) is 0 Å². The van der Waals surface area contributed by atoms with Gasteiger partial charge in [0, 0.05) is 11.6 Å². The molecule has 0 saturated heterocycles. The second kappa shape index (κ2) is 4.87. The fourth-order valence-corrected chi connectivity index (χ4v) is 1.01. The maximum absolute atomic E-state index is 10.6. The number of carbonyl (C=O) groups excluding carboxylic acids is 1. The summed E-state index contributed by atoms with van der Waals surface area (Å²) in [6.45, 7) is -0.705. The number of hydrogen-bond acceptors (Lipinski definition) is 5. The van der Waals surface area contributed by atoms with E-state index in [1.807, 2.05) is 0 Å². The Morgan fingerprint density at radius 3 is 2.75 bits per heavy atom. The summed E-state index contributed by atoms with van der Waals surface area (Å²) in [7, 11) is 0. The van der Waals surface area contributed by atoms with E-state index < -0.39 is 17.5 Å². The average molecular weight is 225 g/mol. The van der Waals surface area contributed by atoms with Crippen molar-refractivity contribution in [1.29, 1.82) is 0 Å². The van der Waals surface area contributed by atoms with Crippen molar-refractivity contribution in [2.24, 2.45) is 0 Å². The molecule has 7 heteroatoms. The van der Waals surface area contributed by atoms with E-state index in [0.717, 1.165) is 12.1 Å². The third-order valence-electron chi connectivity index (χ3n) is 1.67. The Hall–Kier alpha value is -2.44. The molecule has 0 aliphatic carbocycles. The highest BCUT2D eigenvalue weighted by Crippen LogP contribution is 2.27. The van der Waals surface area contributed by atoms with Crippen LogP contribution in [0.5, 0.6) is 5.75 Å². The number of nitro groups is 1. The standard InChI is InChI=1S/C9H7NO6/c11-4-6-1-2-7(10(14)15)8(3-6)16-5-9(12)13/h1-4H,5H2,(H,12,13). The molecule has 1 aromatic rings. The SMILES string of the molecule is O=Cc1ccc([N+](=O)[O-])c(OCC(=O)O)c1. The molecule has 0 unspecified atom stereocenters. The highest BCUT2D eigenvalue weighted by molar-refractivity contribution is 5.77. The molecule has 16 heavy (non-hydrogen) atoms. The van der Waals surface area contributed by atoms with Gasteiger partial charge in [-0.3, -0.25) is 14.9 Å². The Morgan fingerprint density at radius 1 is 1.56 bits per heavy atom. The van der Waals surface area contributed by atoms with Gasteiger partial charge in [0.05, 0.1) is 4.92 Å². The first kappa shape index (κ1) is 11.6. The molecule has 0 aliphatic rings. The van der Waals surface area contributed by atoms with Gasteiger partial charge in [0.2, 0.25) is 0 Å². The smallest absolute Gasteiger partial charge is 0.341 e. The van der Waals surface area contributed by atoms with Crippen LogP contribution in [0, 0.1) is 10.1 Å². The minimum atomic E-state index is -1.26. The maximum Gasteiger partial charge on any atom is 0.341 e. The van der Waals surface area contributed by atoms with Gasteiger partial charge in [-0.15, -0.1) is 0 Å². The van der Waals surface area contributed by atoms with Gasteiger partial charge in [0.25, 0.3) is 0 Å². The third-order valence-corrected chi connectivity index (χ3v) is 1.67. The van der Waals surface area contributed by atoms with Crippen molar-refractivity contribution in [3.05, 3.63) is 33.9 Å². The molecule has 0 bridgehead atoms. The number of aliphatic carboxylic acids is 1. The second-order valence-corrected chi connectivity index (χ2v) is 2.78. The van der Waals surface area contributed by atoms with E-state index in [9.17, 15) is 19.7 Å². The lowest BCUT2D eigenvalue weighted by Crippen LogP contribution is -2.10. The highest BCUT2D eigenvalue weighted by Gasteiger charge is 2.16. The molecule has 7 nitrogen and oxygen atoms in total. The summed E-state index contributed by atoms with van der Waals surface area (Å²) in [5.74, 6) is -1.50. The number of hydrogen-bond donors (Lipinski definition) is 1. The van der Waals surface area contributed by atoms with Gasteiger partial charge in [-0.25, -0.2) is 4.79 Å². The molecule has 0 aliphatic heterocycles. The predicted molar refractivity (Wildman–Crippen MR) is 51.6 cm³/mol. The molecule has 84 valence electrons. The predicted octanol–water partition coefficient (Wildman–Crippen LogP) is 0.871. The van der Waals surface area contributed by atoms with Gasteiger partial charge in [-0.05, 0) is 12.1 Å². The Labute approximate surface area is 89.4 Å². The van der Waals surface area contributed by atoms with Crippen LogP contribution < -0.4 is 4.74 Å². The Balaban J connectivity index is 3.04. The average Bonchev–Trinajstić information content (AvgIpc) is 2.25. The zero-order valence-corrected chi connectivity index (χ0v) is 7.95. The van der Waals surface area contributed by atoms with Gasteiger partial charge in [-0.1, -0.05) is 0 Å². The van der Waals surface area contributed by atoms with E-state index in [0.29, 0.717) is 6.29 Å². The molecule has 1 rings (SSSR count). The zero-order chi connectivity index (χ0) is 12.1. The number of ether oxygens (including phenoxy) is 1. The molecule has 0 amide bonds. The molecule has 1 aromatic carbocycles. The van der Waals surface area contributed by atoms with E-state index in [4.69, 9.17) is 9.84 Å². The first-order chi connectivity index (χ1) is 7.54. The van der Waals surface area contributed by atoms with Crippen LogP contribution in [0.15, 0.2) is 18.2 Å². The molecular formula is C9H7NO6. The normalized spacial score (nSPS) is 9.50. The van der Waals surface area contributed by atoms with E-state index in [2.05, 4.69) is 0 Å². The minimum absolute atomic E-state index is 0.172. The summed E-state index contributed by atoms with van der Waals surface area (Å²) >= 11 is 0. The number of carboxylic acid groups (broad SMARTS) is 1. The molecule has 0 heterocycles. The second-order valence-electron chi connectivity index (χ2n) is 2.78. The first-order valence-electron chi connectivity index (χ1n) is 4.13. The van der Waals surface area contributed by atoms with E-state index in [1.54, 1.807) is 0 Å². The Morgan fingerprint density at radius 2 is 2.25 bits per heavy atom. The lowest BCUT2D eigenvalue weighted by atomic mass is 10.2. The lowest BCUT2D eigenvalue weighted by molar-refractivity contribution is -0.385. The first-order valence-corrected chi connectivity index (χ1v) is 4.13. The number of nitrogens with zero attached hydrogens (tertiary/aromatic N) is 1. The highest BCUT2D eigenvalue weighted by atomic mass is 16.6. The number of benzene rings is 1. The summed E-state index contributed by atoms with van der Waals surface area (Å²) in [6.07, 6.45) is 0.483. The van der Waals surface area contributed by atoms with Gasteiger partial charge in [-0.2, -0.15) is 0 Å². The van der Waals surface area contributed by atoms with Crippen LogP contribution >= 0.6 is 0 Å². The largest absolute Gasteiger partial charge is 0.479 e. The summed E-state index contributed by atoms with van der Waals surface area (Å²) in [6, 6.07) is 3.45. The van der Waals surface area contributed by atoms with Crippen molar-refractivity contribution in [2.45, 2.75) is 0 Å². The zero-order valence-electron chi connectivity index (χ0n) is 7.95. The van der Waals surface area contributed by atoms with Gasteiger partial charge < -0.3 is 9.84 Å². The van der Waals surface area contributed by atoms with Gasteiger partial charge in [0.15, 0.2) is 12.4 Å². The monoisotopic (exact) mass is 225 g/mol. The third kappa shape index (κ3) is 2.77. The minimum Gasteiger partial charge on any atom is -0.479 e. The van der Waals surface area contributed by atoms with E-state index in [1.165, 1.54) is 6.07 Å². The van der Waals surface area contributed by atoms with Crippen LogP contribution in [0.25, 0.3) is 0 Å². The van der Waals surface area contributed by atoms with Gasteiger partial charge in [0.1, 0.15) is 6.29 Å². The van der Waals surface area contributed by atoms with E-state index in [-0.39, 0.29) is 17.0 Å². The van der Waals surface area contributed by atoms with Crippen LogP contribution in [0.4, 0.5) is 5.69 Å². The Bertz CT molecular complexity index is 442. The van der Waals surface area contributed by atoms with E-state index >= 15 is 0 Å². The molecule has 0 fully saturated rings. The van der Waals surface area contributed by atoms with Gasteiger partial charge >= 0.3 is 11.7 Å². The molecule has 0 aromatic heterocycles. The summed E-state index contributed by atoms with van der Waals surface area (Å²) in [5, 5.41) is 18.9. The summed E-state index contributed by atoms with van der Waals surface area (Å²) in [4.78, 5) is 30.5.